The maximum absolute atomic E-state index is 10.5. The number of nitrogens with one attached hydrogen (secondary N) is 2. The van der Waals surface area contributed by atoms with E-state index in [0.717, 1.165) is 31.7 Å². The van der Waals surface area contributed by atoms with Crippen LogP contribution in [0.1, 0.15) is 5.56 Å². The van der Waals surface area contributed by atoms with Crippen molar-refractivity contribution < 1.29 is 9.90 Å². The van der Waals surface area contributed by atoms with Crippen LogP contribution in [0.25, 0.3) is 0 Å². The van der Waals surface area contributed by atoms with E-state index in [0.29, 0.717) is 5.69 Å². The van der Waals surface area contributed by atoms with Gasteiger partial charge in [-0.15, -0.1) is 0 Å². The predicted octanol–water partition coefficient (Wildman–Crippen LogP) is 1.29. The molecule has 1 aliphatic heterocycles. The van der Waals surface area contributed by atoms with Crippen LogP contribution in [0.4, 0.5) is 10.5 Å². The Kier molecular flexibility index (Phi) is 6.18. The molecule has 1 aromatic carbocycles. The maximum Gasteiger partial charge on any atom is 0.411 e. The number of carboxylic acid groups (broad SMARTS) is 1. The first-order valence-electron chi connectivity index (χ1n) is 6.06. The van der Waals surface area contributed by atoms with Gasteiger partial charge in [0.05, 0.1) is 0 Å². The number of nitrogens with zero attached hydrogens (tertiary/aromatic N) is 1. The fourth-order valence-corrected chi connectivity index (χ4v) is 1.55. The minimum absolute atomic E-state index is 0.697. The molecule has 0 aromatic heterocycles. The molecule has 0 bridgehead atoms. The van der Waals surface area contributed by atoms with E-state index in [2.05, 4.69) is 10.6 Å². The van der Waals surface area contributed by atoms with Crippen LogP contribution in [0.5, 0.6) is 0 Å². The molecule has 0 radical (unpaired) electrons. The number of aryl methyl sites for hydroxylation is 1. The van der Waals surface area contributed by atoms with E-state index in [1.165, 1.54) is 11.9 Å². The van der Waals surface area contributed by atoms with Crippen LogP contribution in [0, 0.1) is 6.92 Å². The van der Waals surface area contributed by atoms with E-state index in [4.69, 9.17) is 5.11 Å². The Hall–Kier alpha value is -1.59. The molecule has 0 unspecified atom stereocenters. The molecule has 0 aliphatic carbocycles. The number of amides is 1. The normalized spacial score (nSPS) is 14.3. The van der Waals surface area contributed by atoms with Crippen molar-refractivity contribution in [2.24, 2.45) is 0 Å². The van der Waals surface area contributed by atoms with E-state index in [1.807, 2.05) is 25.1 Å². The third kappa shape index (κ3) is 5.16. The number of carbonyl (C=O) groups is 1. The largest absolute Gasteiger partial charge is 0.465 e. The van der Waals surface area contributed by atoms with Crippen molar-refractivity contribution in [2.75, 3.05) is 38.1 Å². The monoisotopic (exact) mass is 251 g/mol. The number of hydrogen-bond donors (Lipinski definition) is 3. The Labute approximate surface area is 108 Å². The van der Waals surface area contributed by atoms with Gasteiger partial charge in [-0.25, -0.2) is 4.79 Å². The third-order valence-corrected chi connectivity index (χ3v) is 2.63. The topological polar surface area (TPSA) is 64.6 Å². The Balaban J connectivity index is 0.000000225. The molecule has 5 nitrogen and oxygen atoms in total. The van der Waals surface area contributed by atoms with Crippen molar-refractivity contribution >= 4 is 11.8 Å². The summed E-state index contributed by atoms with van der Waals surface area (Å²) in [6, 6.07) is 7.36. The summed E-state index contributed by atoms with van der Waals surface area (Å²) in [5.41, 5.74) is 1.75. The van der Waals surface area contributed by atoms with Gasteiger partial charge in [0.25, 0.3) is 0 Å². The maximum atomic E-state index is 10.5. The molecule has 0 saturated carbocycles. The number of hydrogen-bond acceptors (Lipinski definition) is 3. The number of rotatable bonds is 1. The molecule has 2 rings (SSSR count). The Morgan fingerprint density at radius 3 is 2.17 bits per heavy atom. The molecule has 1 saturated heterocycles. The number of piperazine rings is 1. The molecule has 3 N–H and O–H groups in total. The van der Waals surface area contributed by atoms with Crippen molar-refractivity contribution in [3.63, 3.8) is 0 Å². The molecule has 0 spiro atoms. The molecule has 100 valence electrons. The predicted molar refractivity (Wildman–Crippen MR) is 73.3 cm³/mol. The van der Waals surface area contributed by atoms with Gasteiger partial charge in [-0.2, -0.15) is 0 Å². The second-order valence-electron chi connectivity index (χ2n) is 4.18. The lowest BCUT2D eigenvalue weighted by Gasteiger charge is -2.12. The highest BCUT2D eigenvalue weighted by Gasteiger charge is 2.06. The van der Waals surface area contributed by atoms with E-state index < -0.39 is 6.09 Å². The molecule has 18 heavy (non-hydrogen) atoms. The fraction of sp³-hybridized carbons (Fsp3) is 0.462. The SMILES string of the molecule is C1CNCCN1.Cc1cccc(N(C)C(=O)O)c1. The van der Waals surface area contributed by atoms with Crippen molar-refractivity contribution in [1.82, 2.24) is 10.6 Å². The van der Waals surface area contributed by atoms with Gasteiger partial charge in [-0.1, -0.05) is 12.1 Å². The summed E-state index contributed by atoms with van der Waals surface area (Å²) >= 11 is 0. The average Bonchev–Trinajstić information content (AvgIpc) is 2.40. The van der Waals surface area contributed by atoms with Crippen LogP contribution >= 0.6 is 0 Å². The number of benzene rings is 1. The lowest BCUT2D eigenvalue weighted by atomic mass is 10.2. The van der Waals surface area contributed by atoms with Crippen LogP contribution in [-0.2, 0) is 0 Å². The van der Waals surface area contributed by atoms with Gasteiger partial charge < -0.3 is 15.7 Å². The average molecular weight is 251 g/mol. The first kappa shape index (κ1) is 14.5. The first-order chi connectivity index (χ1) is 8.61. The van der Waals surface area contributed by atoms with Gasteiger partial charge in [0.15, 0.2) is 0 Å². The van der Waals surface area contributed by atoms with Crippen LogP contribution in [-0.4, -0.2) is 44.4 Å². The quantitative estimate of drug-likeness (QED) is 0.703. The highest BCUT2D eigenvalue weighted by Crippen LogP contribution is 2.13. The van der Waals surface area contributed by atoms with Gasteiger partial charge >= 0.3 is 6.09 Å². The number of anilines is 1. The van der Waals surface area contributed by atoms with Gasteiger partial charge in [0, 0.05) is 38.9 Å². The summed E-state index contributed by atoms with van der Waals surface area (Å²) in [5.74, 6) is 0. The molecule has 0 atom stereocenters. The summed E-state index contributed by atoms with van der Waals surface area (Å²) in [7, 11) is 1.52. The Morgan fingerprint density at radius 1 is 1.22 bits per heavy atom. The van der Waals surface area contributed by atoms with E-state index in [9.17, 15) is 4.79 Å². The molecule has 1 fully saturated rings. The van der Waals surface area contributed by atoms with E-state index in [1.54, 1.807) is 6.07 Å². The van der Waals surface area contributed by atoms with Gasteiger partial charge in [0.1, 0.15) is 0 Å². The molecule has 1 amide bonds. The zero-order valence-electron chi connectivity index (χ0n) is 10.9. The van der Waals surface area contributed by atoms with Crippen LogP contribution in [0.15, 0.2) is 24.3 Å². The minimum Gasteiger partial charge on any atom is -0.465 e. The smallest absolute Gasteiger partial charge is 0.411 e. The molecule has 1 aliphatic rings. The summed E-state index contributed by atoms with van der Waals surface area (Å²) in [4.78, 5) is 11.7. The molecule has 1 heterocycles. The van der Waals surface area contributed by atoms with Crippen LogP contribution in [0.3, 0.4) is 0 Å². The third-order valence-electron chi connectivity index (χ3n) is 2.63. The van der Waals surface area contributed by atoms with Crippen molar-refractivity contribution in [3.05, 3.63) is 29.8 Å². The standard InChI is InChI=1S/C9H11NO2.C4H10N2/c1-7-4-3-5-8(6-7)10(2)9(11)12;1-2-6-4-3-5-1/h3-6H,1-2H3,(H,11,12);5-6H,1-4H2. The summed E-state index contributed by atoms with van der Waals surface area (Å²) in [5, 5.41) is 15.1. The van der Waals surface area contributed by atoms with Crippen molar-refractivity contribution in [2.45, 2.75) is 6.92 Å². The molecule has 1 aromatic rings. The highest BCUT2D eigenvalue weighted by atomic mass is 16.4. The van der Waals surface area contributed by atoms with Gasteiger partial charge in [-0.05, 0) is 24.6 Å². The van der Waals surface area contributed by atoms with Crippen LogP contribution in [0.2, 0.25) is 0 Å². The summed E-state index contributed by atoms with van der Waals surface area (Å²) in [6.45, 7) is 6.49. The molecular weight excluding hydrogens is 230 g/mol. The van der Waals surface area contributed by atoms with E-state index in [-0.39, 0.29) is 0 Å². The highest BCUT2D eigenvalue weighted by molar-refractivity contribution is 5.85. The molecule has 5 heteroatoms. The van der Waals surface area contributed by atoms with Gasteiger partial charge in [-0.3, -0.25) is 4.90 Å². The van der Waals surface area contributed by atoms with E-state index >= 15 is 0 Å². The van der Waals surface area contributed by atoms with Crippen LogP contribution < -0.4 is 15.5 Å². The van der Waals surface area contributed by atoms with Gasteiger partial charge in [0.2, 0.25) is 0 Å². The zero-order valence-corrected chi connectivity index (χ0v) is 10.9. The van der Waals surface area contributed by atoms with Crippen molar-refractivity contribution in [1.29, 1.82) is 0 Å². The Bertz CT molecular complexity index is 367. The second-order valence-corrected chi connectivity index (χ2v) is 4.18. The minimum atomic E-state index is -0.944. The molecular formula is C13H21N3O2. The van der Waals surface area contributed by atoms with Crippen molar-refractivity contribution in [3.8, 4) is 0 Å². The fourth-order valence-electron chi connectivity index (χ4n) is 1.55. The summed E-state index contributed by atoms with van der Waals surface area (Å²) < 4.78 is 0. The summed E-state index contributed by atoms with van der Waals surface area (Å²) in [6.07, 6.45) is -0.944. The lowest BCUT2D eigenvalue weighted by Crippen LogP contribution is -2.39. The second kappa shape index (κ2) is 7.68. The first-order valence-corrected chi connectivity index (χ1v) is 6.06. The Morgan fingerprint density at radius 2 is 1.78 bits per heavy atom. The zero-order chi connectivity index (χ0) is 13.4. The lowest BCUT2D eigenvalue weighted by molar-refractivity contribution is 0.203.